The summed E-state index contributed by atoms with van der Waals surface area (Å²) < 4.78 is 23.6. The number of carbonyl (C=O) groups is 1. The Morgan fingerprint density at radius 2 is 2.19 bits per heavy atom. The van der Waals surface area contributed by atoms with Crippen molar-refractivity contribution in [3.63, 3.8) is 0 Å². The summed E-state index contributed by atoms with van der Waals surface area (Å²) in [6.45, 7) is 3.62. The molecular weight excluding hydrogens is 273 g/mol. The van der Waals surface area contributed by atoms with Crippen molar-refractivity contribution in [1.29, 1.82) is 0 Å². The van der Waals surface area contributed by atoms with Crippen molar-refractivity contribution in [2.75, 3.05) is 33.0 Å². The van der Waals surface area contributed by atoms with Crippen LogP contribution in [0.1, 0.15) is 18.4 Å². The molecule has 5 heteroatoms. The molecule has 1 aliphatic rings. The second-order valence-electron chi connectivity index (χ2n) is 5.31. The highest BCUT2D eigenvalue weighted by atomic mass is 19.1. The Morgan fingerprint density at radius 3 is 2.90 bits per heavy atom. The van der Waals surface area contributed by atoms with Gasteiger partial charge in [-0.25, -0.2) is 4.39 Å². The number of amides is 1. The first-order valence-electron chi connectivity index (χ1n) is 7.40. The van der Waals surface area contributed by atoms with Gasteiger partial charge in [-0.05, 0) is 30.5 Å². The smallest absolute Gasteiger partial charge is 0.224 e. The van der Waals surface area contributed by atoms with Crippen LogP contribution in [0.2, 0.25) is 0 Å². The van der Waals surface area contributed by atoms with Crippen LogP contribution in [0.5, 0.6) is 0 Å². The van der Waals surface area contributed by atoms with Crippen LogP contribution in [0.15, 0.2) is 24.3 Å². The van der Waals surface area contributed by atoms with Crippen molar-refractivity contribution in [3.05, 3.63) is 35.6 Å². The number of hydrogen-bond acceptors (Lipinski definition) is 3. The zero-order chi connectivity index (χ0) is 14.9. The molecular formula is C16H22FNO3. The molecule has 116 valence electrons. The van der Waals surface area contributed by atoms with Gasteiger partial charge in [0.05, 0.1) is 19.6 Å². The lowest BCUT2D eigenvalue weighted by Gasteiger charge is -2.09. The van der Waals surface area contributed by atoms with Crippen molar-refractivity contribution in [2.45, 2.75) is 19.3 Å². The van der Waals surface area contributed by atoms with Gasteiger partial charge in [-0.2, -0.15) is 0 Å². The van der Waals surface area contributed by atoms with E-state index in [9.17, 15) is 9.18 Å². The minimum Gasteiger partial charge on any atom is -0.381 e. The summed E-state index contributed by atoms with van der Waals surface area (Å²) >= 11 is 0. The van der Waals surface area contributed by atoms with Crippen LogP contribution in [-0.2, 0) is 20.7 Å². The number of hydrogen-bond donors (Lipinski definition) is 1. The largest absolute Gasteiger partial charge is 0.381 e. The van der Waals surface area contributed by atoms with Gasteiger partial charge in [-0.15, -0.1) is 0 Å². The minimum absolute atomic E-state index is 0.0502. The third kappa shape index (κ3) is 6.23. The van der Waals surface area contributed by atoms with E-state index in [1.807, 2.05) is 0 Å². The molecule has 21 heavy (non-hydrogen) atoms. The molecule has 1 unspecified atom stereocenters. The standard InChI is InChI=1S/C16H22FNO3/c17-15-4-2-13(3-5-15)10-16(19)18-7-1-8-20-11-14-6-9-21-12-14/h2-5,14H,1,6-12H2,(H,18,19). The molecule has 0 bridgehead atoms. The molecule has 0 saturated carbocycles. The van der Waals surface area contributed by atoms with E-state index in [0.717, 1.165) is 38.2 Å². The maximum absolute atomic E-state index is 12.7. The van der Waals surface area contributed by atoms with Gasteiger partial charge >= 0.3 is 0 Å². The van der Waals surface area contributed by atoms with E-state index in [-0.39, 0.29) is 18.1 Å². The average molecular weight is 295 g/mol. The van der Waals surface area contributed by atoms with E-state index in [1.54, 1.807) is 12.1 Å². The van der Waals surface area contributed by atoms with Crippen molar-refractivity contribution in [3.8, 4) is 0 Å². The monoisotopic (exact) mass is 295 g/mol. The van der Waals surface area contributed by atoms with Crippen LogP contribution in [0.3, 0.4) is 0 Å². The summed E-state index contributed by atoms with van der Waals surface area (Å²) in [5, 5.41) is 2.84. The predicted octanol–water partition coefficient (Wildman–Crippen LogP) is 1.93. The van der Waals surface area contributed by atoms with E-state index in [1.165, 1.54) is 12.1 Å². The number of benzene rings is 1. The molecule has 1 N–H and O–H groups in total. The van der Waals surface area contributed by atoms with Crippen LogP contribution in [0, 0.1) is 11.7 Å². The van der Waals surface area contributed by atoms with Crippen LogP contribution >= 0.6 is 0 Å². The second-order valence-corrected chi connectivity index (χ2v) is 5.31. The molecule has 1 aromatic carbocycles. The molecule has 1 aromatic rings. The fourth-order valence-corrected chi connectivity index (χ4v) is 2.22. The highest BCUT2D eigenvalue weighted by Crippen LogP contribution is 2.12. The van der Waals surface area contributed by atoms with Crippen molar-refractivity contribution in [2.24, 2.45) is 5.92 Å². The Morgan fingerprint density at radius 1 is 1.38 bits per heavy atom. The molecule has 1 aliphatic heterocycles. The van der Waals surface area contributed by atoms with E-state index in [0.29, 0.717) is 19.1 Å². The van der Waals surface area contributed by atoms with E-state index in [2.05, 4.69) is 5.32 Å². The topological polar surface area (TPSA) is 47.6 Å². The molecule has 1 saturated heterocycles. The molecule has 4 nitrogen and oxygen atoms in total. The first-order chi connectivity index (χ1) is 10.2. The normalized spacial score (nSPS) is 17.9. The Labute approximate surface area is 124 Å². The van der Waals surface area contributed by atoms with Crippen molar-refractivity contribution < 1.29 is 18.7 Å². The quantitative estimate of drug-likeness (QED) is 0.746. The van der Waals surface area contributed by atoms with Gasteiger partial charge in [0.25, 0.3) is 0 Å². The first kappa shape index (κ1) is 15.9. The molecule has 0 aliphatic carbocycles. The SMILES string of the molecule is O=C(Cc1ccc(F)cc1)NCCCOCC1CCOC1. The van der Waals surface area contributed by atoms with E-state index >= 15 is 0 Å². The zero-order valence-electron chi connectivity index (χ0n) is 12.1. The third-order valence-corrected chi connectivity index (χ3v) is 3.44. The Kier molecular flexibility index (Phi) is 6.63. The number of carbonyl (C=O) groups excluding carboxylic acids is 1. The van der Waals surface area contributed by atoms with Gasteiger partial charge in [0.15, 0.2) is 0 Å². The van der Waals surface area contributed by atoms with Crippen molar-refractivity contribution in [1.82, 2.24) is 5.32 Å². The van der Waals surface area contributed by atoms with Gasteiger partial charge in [-0.1, -0.05) is 12.1 Å². The summed E-state index contributed by atoms with van der Waals surface area (Å²) in [5.41, 5.74) is 0.811. The molecule has 0 radical (unpaired) electrons. The first-order valence-corrected chi connectivity index (χ1v) is 7.40. The Bertz CT molecular complexity index is 430. The molecule has 1 fully saturated rings. The number of halogens is 1. The summed E-state index contributed by atoms with van der Waals surface area (Å²) in [4.78, 5) is 11.7. The second kappa shape index (κ2) is 8.74. The zero-order valence-corrected chi connectivity index (χ0v) is 12.1. The molecule has 1 heterocycles. The van der Waals surface area contributed by atoms with Crippen LogP contribution in [0.4, 0.5) is 4.39 Å². The summed E-state index contributed by atoms with van der Waals surface area (Å²) in [5.74, 6) is 0.188. The average Bonchev–Trinajstić information content (AvgIpc) is 2.98. The van der Waals surface area contributed by atoms with Gasteiger partial charge in [0.2, 0.25) is 5.91 Å². The number of nitrogens with one attached hydrogen (secondary N) is 1. The Balaban J connectivity index is 1.49. The summed E-state index contributed by atoms with van der Waals surface area (Å²) in [6, 6.07) is 5.98. The molecule has 0 aromatic heterocycles. The molecule has 2 rings (SSSR count). The molecule has 1 amide bonds. The van der Waals surface area contributed by atoms with Gasteiger partial charge in [0, 0.05) is 25.7 Å². The van der Waals surface area contributed by atoms with Crippen molar-refractivity contribution >= 4 is 5.91 Å². The summed E-state index contributed by atoms with van der Waals surface area (Å²) in [6.07, 6.45) is 2.15. The lowest BCUT2D eigenvalue weighted by molar-refractivity contribution is -0.120. The van der Waals surface area contributed by atoms with Gasteiger partial charge < -0.3 is 14.8 Å². The number of ether oxygens (including phenoxy) is 2. The lowest BCUT2D eigenvalue weighted by atomic mass is 10.1. The van der Waals surface area contributed by atoms with E-state index < -0.39 is 0 Å². The van der Waals surface area contributed by atoms with Gasteiger partial charge in [0.1, 0.15) is 5.82 Å². The number of rotatable bonds is 8. The van der Waals surface area contributed by atoms with Crippen LogP contribution < -0.4 is 5.32 Å². The minimum atomic E-state index is -0.288. The highest BCUT2D eigenvalue weighted by molar-refractivity contribution is 5.78. The van der Waals surface area contributed by atoms with E-state index in [4.69, 9.17) is 9.47 Å². The molecule has 0 spiro atoms. The van der Waals surface area contributed by atoms with Gasteiger partial charge in [-0.3, -0.25) is 4.79 Å². The summed E-state index contributed by atoms with van der Waals surface area (Å²) in [7, 11) is 0. The Hall–Kier alpha value is -1.46. The molecule has 1 atom stereocenters. The highest BCUT2D eigenvalue weighted by Gasteiger charge is 2.15. The fourth-order valence-electron chi connectivity index (χ4n) is 2.22. The van der Waals surface area contributed by atoms with Crippen LogP contribution in [-0.4, -0.2) is 38.9 Å². The maximum Gasteiger partial charge on any atom is 0.224 e. The third-order valence-electron chi connectivity index (χ3n) is 3.44. The fraction of sp³-hybridized carbons (Fsp3) is 0.562. The predicted molar refractivity (Wildman–Crippen MR) is 77.5 cm³/mol. The lowest BCUT2D eigenvalue weighted by Crippen LogP contribution is -2.27. The van der Waals surface area contributed by atoms with Crippen LogP contribution in [0.25, 0.3) is 0 Å². The maximum atomic E-state index is 12.7.